The van der Waals surface area contributed by atoms with Crippen molar-refractivity contribution < 1.29 is 13.6 Å². The van der Waals surface area contributed by atoms with Gasteiger partial charge >= 0.3 is 6.03 Å². The van der Waals surface area contributed by atoms with Gasteiger partial charge in [0.2, 0.25) is 0 Å². The minimum atomic E-state index is -1.09. The fourth-order valence-electron chi connectivity index (χ4n) is 1.99. The Morgan fingerprint density at radius 1 is 1.36 bits per heavy atom. The fraction of sp³-hybridized carbons (Fsp3) is 0.308. The smallest absolute Gasteiger partial charge is 0.319 e. The van der Waals surface area contributed by atoms with Crippen molar-refractivity contribution in [3.63, 3.8) is 0 Å². The Labute approximate surface area is 129 Å². The van der Waals surface area contributed by atoms with E-state index in [2.05, 4.69) is 20.8 Å². The second-order valence-corrected chi connectivity index (χ2v) is 5.35. The van der Waals surface area contributed by atoms with Gasteiger partial charge in [0.1, 0.15) is 6.33 Å². The highest BCUT2D eigenvalue weighted by Gasteiger charge is 2.26. The highest BCUT2D eigenvalue weighted by Crippen LogP contribution is 2.35. The van der Waals surface area contributed by atoms with Crippen molar-refractivity contribution in [2.24, 2.45) is 0 Å². The van der Waals surface area contributed by atoms with Crippen LogP contribution in [0.25, 0.3) is 0 Å². The zero-order valence-corrected chi connectivity index (χ0v) is 12.1. The summed E-state index contributed by atoms with van der Waals surface area (Å²) >= 11 is 5.74. The number of hydrogen-bond donors (Lipinski definition) is 2. The zero-order chi connectivity index (χ0) is 15.7. The third kappa shape index (κ3) is 3.16. The molecule has 6 nitrogen and oxygen atoms in total. The van der Waals surface area contributed by atoms with Crippen LogP contribution in [0, 0.1) is 11.6 Å². The summed E-state index contributed by atoms with van der Waals surface area (Å²) in [5.41, 5.74) is -0.0123. The number of halogens is 3. The van der Waals surface area contributed by atoms with Crippen molar-refractivity contribution >= 4 is 23.3 Å². The number of amides is 2. The van der Waals surface area contributed by atoms with Gasteiger partial charge in [-0.3, -0.25) is 0 Å². The van der Waals surface area contributed by atoms with Gasteiger partial charge in [-0.15, -0.1) is 10.2 Å². The highest BCUT2D eigenvalue weighted by atomic mass is 35.5. The molecule has 116 valence electrons. The summed E-state index contributed by atoms with van der Waals surface area (Å²) in [4.78, 5) is 11.8. The maximum Gasteiger partial charge on any atom is 0.319 e. The summed E-state index contributed by atoms with van der Waals surface area (Å²) < 4.78 is 28.0. The molecule has 1 aromatic heterocycles. The van der Waals surface area contributed by atoms with Crippen molar-refractivity contribution in [2.45, 2.75) is 25.4 Å². The normalized spacial score (nSPS) is 14.0. The summed E-state index contributed by atoms with van der Waals surface area (Å²) in [5, 5.41) is 12.6. The SMILES string of the molecule is O=C(NCc1nncn1C1CC1)Nc1cc(F)c(F)cc1Cl. The number of aromatic nitrogens is 3. The molecule has 1 fully saturated rings. The lowest BCUT2D eigenvalue weighted by Gasteiger charge is -2.10. The Bertz CT molecular complexity index is 716. The largest absolute Gasteiger partial charge is 0.331 e. The minimum absolute atomic E-state index is 0.0123. The van der Waals surface area contributed by atoms with Crippen LogP contribution in [0.4, 0.5) is 19.3 Å². The fourth-order valence-corrected chi connectivity index (χ4v) is 2.19. The molecule has 3 rings (SSSR count). The molecule has 0 unspecified atom stereocenters. The summed E-state index contributed by atoms with van der Waals surface area (Å²) in [6.45, 7) is 0.170. The second-order valence-electron chi connectivity index (χ2n) is 4.94. The molecule has 1 aliphatic carbocycles. The van der Waals surface area contributed by atoms with Gasteiger partial charge in [0.05, 0.1) is 17.3 Å². The molecular weight excluding hydrogens is 316 g/mol. The summed E-state index contributed by atoms with van der Waals surface area (Å²) in [6.07, 6.45) is 3.77. The molecule has 1 heterocycles. The van der Waals surface area contributed by atoms with Crippen molar-refractivity contribution in [2.75, 3.05) is 5.32 Å². The van der Waals surface area contributed by atoms with E-state index in [0.717, 1.165) is 25.0 Å². The van der Waals surface area contributed by atoms with E-state index in [1.165, 1.54) is 0 Å². The lowest BCUT2D eigenvalue weighted by Crippen LogP contribution is -2.29. The van der Waals surface area contributed by atoms with Crippen LogP contribution in [0.5, 0.6) is 0 Å². The van der Waals surface area contributed by atoms with E-state index in [4.69, 9.17) is 11.6 Å². The Morgan fingerprint density at radius 3 is 2.82 bits per heavy atom. The monoisotopic (exact) mass is 327 g/mol. The number of rotatable bonds is 4. The zero-order valence-electron chi connectivity index (χ0n) is 11.3. The molecule has 0 atom stereocenters. The second kappa shape index (κ2) is 5.88. The van der Waals surface area contributed by atoms with E-state index in [0.29, 0.717) is 11.9 Å². The first kappa shape index (κ1) is 14.7. The number of carbonyl (C=O) groups excluding carboxylic acids is 1. The third-order valence-electron chi connectivity index (χ3n) is 3.25. The molecule has 2 amide bonds. The van der Waals surface area contributed by atoms with Crippen LogP contribution in [-0.2, 0) is 6.54 Å². The van der Waals surface area contributed by atoms with E-state index < -0.39 is 17.7 Å². The van der Waals surface area contributed by atoms with Crippen LogP contribution >= 0.6 is 11.6 Å². The average molecular weight is 328 g/mol. The molecule has 2 aromatic rings. The molecule has 0 spiro atoms. The number of urea groups is 1. The Hall–Kier alpha value is -2.22. The third-order valence-corrected chi connectivity index (χ3v) is 3.57. The molecule has 2 N–H and O–H groups in total. The van der Waals surface area contributed by atoms with Crippen LogP contribution in [0.1, 0.15) is 24.7 Å². The predicted molar refractivity (Wildman–Crippen MR) is 75.5 cm³/mol. The maximum absolute atomic E-state index is 13.1. The first-order valence-electron chi connectivity index (χ1n) is 6.62. The van der Waals surface area contributed by atoms with E-state index in [9.17, 15) is 13.6 Å². The van der Waals surface area contributed by atoms with Crippen LogP contribution in [0.15, 0.2) is 18.5 Å². The summed E-state index contributed by atoms with van der Waals surface area (Å²) in [5.74, 6) is -1.53. The highest BCUT2D eigenvalue weighted by molar-refractivity contribution is 6.33. The van der Waals surface area contributed by atoms with E-state index in [1.807, 2.05) is 4.57 Å². The number of hydrogen-bond acceptors (Lipinski definition) is 3. The molecule has 0 saturated heterocycles. The van der Waals surface area contributed by atoms with Crippen LogP contribution in [-0.4, -0.2) is 20.8 Å². The molecule has 1 aliphatic rings. The van der Waals surface area contributed by atoms with Gasteiger partial charge in [0.25, 0.3) is 0 Å². The molecule has 1 aromatic carbocycles. The van der Waals surface area contributed by atoms with Gasteiger partial charge in [-0.1, -0.05) is 11.6 Å². The molecular formula is C13H12ClF2N5O. The van der Waals surface area contributed by atoms with Gasteiger partial charge < -0.3 is 15.2 Å². The molecule has 1 saturated carbocycles. The van der Waals surface area contributed by atoms with Gasteiger partial charge in [0.15, 0.2) is 17.5 Å². The summed E-state index contributed by atoms with van der Waals surface area (Å²) in [7, 11) is 0. The first-order chi connectivity index (χ1) is 10.5. The first-order valence-corrected chi connectivity index (χ1v) is 7.00. The lowest BCUT2D eigenvalue weighted by atomic mass is 10.3. The number of nitrogens with zero attached hydrogens (tertiary/aromatic N) is 3. The predicted octanol–water partition coefficient (Wildman–Crippen LogP) is 2.87. The van der Waals surface area contributed by atoms with Crippen molar-refractivity contribution in [1.82, 2.24) is 20.1 Å². The van der Waals surface area contributed by atoms with Crippen LogP contribution in [0.2, 0.25) is 5.02 Å². The molecule has 0 bridgehead atoms. The Balaban J connectivity index is 1.61. The molecule has 0 radical (unpaired) electrons. The minimum Gasteiger partial charge on any atom is -0.331 e. The van der Waals surface area contributed by atoms with Gasteiger partial charge in [-0.05, 0) is 18.9 Å². The van der Waals surface area contributed by atoms with E-state index in [-0.39, 0.29) is 17.3 Å². The van der Waals surface area contributed by atoms with Crippen molar-refractivity contribution in [3.8, 4) is 0 Å². The van der Waals surface area contributed by atoms with E-state index in [1.54, 1.807) is 6.33 Å². The number of nitrogens with one attached hydrogen (secondary N) is 2. The Kier molecular flexibility index (Phi) is 3.93. The molecule has 9 heteroatoms. The lowest BCUT2D eigenvalue weighted by molar-refractivity contribution is 0.251. The van der Waals surface area contributed by atoms with Crippen molar-refractivity contribution in [1.29, 1.82) is 0 Å². The summed E-state index contributed by atoms with van der Waals surface area (Å²) in [6, 6.07) is 1.42. The maximum atomic E-state index is 13.1. The quantitative estimate of drug-likeness (QED) is 0.848. The number of benzene rings is 1. The average Bonchev–Trinajstić information content (AvgIpc) is 3.21. The van der Waals surface area contributed by atoms with Gasteiger partial charge in [-0.25, -0.2) is 13.6 Å². The Morgan fingerprint density at radius 2 is 2.09 bits per heavy atom. The van der Waals surface area contributed by atoms with Gasteiger partial charge in [0, 0.05) is 12.1 Å². The number of anilines is 1. The molecule has 22 heavy (non-hydrogen) atoms. The van der Waals surface area contributed by atoms with Gasteiger partial charge in [-0.2, -0.15) is 0 Å². The standard InChI is InChI=1S/C13H12ClF2N5O/c14-8-3-9(15)10(16)4-11(8)19-13(22)17-5-12-20-18-6-21(12)7-1-2-7/h3-4,6-7H,1-2,5H2,(H2,17,19,22). The number of carbonyl (C=O) groups is 1. The van der Waals surface area contributed by atoms with Crippen LogP contribution in [0.3, 0.4) is 0 Å². The van der Waals surface area contributed by atoms with E-state index >= 15 is 0 Å². The topological polar surface area (TPSA) is 71.8 Å². The van der Waals surface area contributed by atoms with Crippen LogP contribution < -0.4 is 10.6 Å². The van der Waals surface area contributed by atoms with Crippen molar-refractivity contribution in [3.05, 3.63) is 40.9 Å². The molecule has 0 aliphatic heterocycles.